The zero-order chi connectivity index (χ0) is 15.9. The van der Waals surface area contributed by atoms with Gasteiger partial charge in [-0.1, -0.05) is 29.8 Å². The predicted octanol–water partition coefficient (Wildman–Crippen LogP) is 4.87. The minimum Gasteiger partial charge on any atom is -0.478 e. The quantitative estimate of drug-likeness (QED) is 0.734. The van der Waals surface area contributed by atoms with E-state index in [1.807, 2.05) is 38.1 Å². The average molecular weight is 312 g/mol. The Kier molecular flexibility index (Phi) is 3.59. The Morgan fingerprint density at radius 3 is 2.59 bits per heavy atom. The molecular formula is C18H14ClNO2. The molecule has 0 fully saturated rings. The third-order valence-corrected chi connectivity index (χ3v) is 3.84. The van der Waals surface area contributed by atoms with Crippen LogP contribution in [0.5, 0.6) is 0 Å². The fourth-order valence-corrected chi connectivity index (χ4v) is 2.91. The van der Waals surface area contributed by atoms with Gasteiger partial charge in [-0.15, -0.1) is 0 Å². The highest BCUT2D eigenvalue weighted by atomic mass is 35.5. The number of aromatic nitrogens is 1. The van der Waals surface area contributed by atoms with E-state index in [9.17, 15) is 9.90 Å². The summed E-state index contributed by atoms with van der Waals surface area (Å²) in [6.45, 7) is 3.88. The molecule has 110 valence electrons. The highest BCUT2D eigenvalue weighted by molar-refractivity contribution is 6.30. The average Bonchev–Trinajstić information content (AvgIpc) is 2.45. The van der Waals surface area contributed by atoms with Gasteiger partial charge in [0.25, 0.3) is 0 Å². The van der Waals surface area contributed by atoms with Gasteiger partial charge in [0.05, 0.1) is 16.8 Å². The first kappa shape index (κ1) is 14.5. The summed E-state index contributed by atoms with van der Waals surface area (Å²) in [6, 6.07) is 12.7. The number of fused-ring (bicyclic) bond motifs is 1. The van der Waals surface area contributed by atoms with Crippen molar-refractivity contribution < 1.29 is 9.90 Å². The largest absolute Gasteiger partial charge is 0.478 e. The van der Waals surface area contributed by atoms with Crippen molar-refractivity contribution in [1.29, 1.82) is 0 Å². The molecule has 0 spiro atoms. The molecule has 1 N–H and O–H groups in total. The smallest absolute Gasteiger partial charge is 0.336 e. The molecule has 0 aliphatic rings. The second-order valence-electron chi connectivity index (χ2n) is 5.35. The molecule has 3 aromatic rings. The van der Waals surface area contributed by atoms with Crippen molar-refractivity contribution in [3.63, 3.8) is 0 Å². The summed E-state index contributed by atoms with van der Waals surface area (Å²) < 4.78 is 0. The van der Waals surface area contributed by atoms with Gasteiger partial charge in [0.2, 0.25) is 0 Å². The molecular weight excluding hydrogens is 298 g/mol. The van der Waals surface area contributed by atoms with Crippen LogP contribution in [0.1, 0.15) is 21.5 Å². The number of rotatable bonds is 2. The minimum atomic E-state index is -0.956. The van der Waals surface area contributed by atoms with Crippen LogP contribution in [0, 0.1) is 13.8 Å². The fourth-order valence-electron chi connectivity index (χ4n) is 2.72. The molecule has 1 aromatic heterocycles. The normalized spacial score (nSPS) is 10.9. The van der Waals surface area contributed by atoms with Crippen molar-refractivity contribution in [2.24, 2.45) is 0 Å². The van der Waals surface area contributed by atoms with E-state index in [1.165, 1.54) is 0 Å². The first-order valence-corrected chi connectivity index (χ1v) is 7.25. The van der Waals surface area contributed by atoms with E-state index in [4.69, 9.17) is 11.6 Å². The second-order valence-corrected chi connectivity index (χ2v) is 5.78. The molecule has 0 radical (unpaired) electrons. The number of carboxylic acids is 1. The van der Waals surface area contributed by atoms with E-state index in [2.05, 4.69) is 4.98 Å². The Bertz CT molecular complexity index is 903. The number of benzene rings is 2. The Hall–Kier alpha value is -2.39. The summed E-state index contributed by atoms with van der Waals surface area (Å²) >= 11 is 6.02. The molecule has 4 heteroatoms. The van der Waals surface area contributed by atoms with Gasteiger partial charge in [0.15, 0.2) is 0 Å². The van der Waals surface area contributed by atoms with Gasteiger partial charge in [0.1, 0.15) is 0 Å². The molecule has 0 aliphatic carbocycles. The monoisotopic (exact) mass is 311 g/mol. The predicted molar refractivity (Wildman–Crippen MR) is 88.6 cm³/mol. The first-order valence-electron chi connectivity index (χ1n) is 6.87. The summed E-state index contributed by atoms with van der Waals surface area (Å²) in [5, 5.41) is 10.8. The molecule has 0 aliphatic heterocycles. The summed E-state index contributed by atoms with van der Waals surface area (Å²) in [5.74, 6) is -0.956. The maximum absolute atomic E-state index is 11.6. The molecule has 3 nitrogen and oxygen atoms in total. The number of aryl methyl sites for hydroxylation is 2. The lowest BCUT2D eigenvalue weighted by Gasteiger charge is -2.10. The number of pyridine rings is 1. The van der Waals surface area contributed by atoms with Gasteiger partial charge in [-0.3, -0.25) is 0 Å². The van der Waals surface area contributed by atoms with Gasteiger partial charge < -0.3 is 5.11 Å². The van der Waals surface area contributed by atoms with Crippen molar-refractivity contribution in [3.05, 3.63) is 64.2 Å². The standard InChI is InChI=1S/C18H14ClNO2/c1-10-6-11(2)17-14(18(21)22)9-15(20-16(17)7-10)12-4-3-5-13(19)8-12/h3-9H,1-2H3,(H,21,22). The van der Waals surface area contributed by atoms with Gasteiger partial charge >= 0.3 is 5.97 Å². The topological polar surface area (TPSA) is 50.2 Å². The van der Waals surface area contributed by atoms with Crippen molar-refractivity contribution in [2.75, 3.05) is 0 Å². The van der Waals surface area contributed by atoms with Gasteiger partial charge in [-0.05, 0) is 49.2 Å². The first-order chi connectivity index (χ1) is 10.5. The Morgan fingerprint density at radius 2 is 1.91 bits per heavy atom. The van der Waals surface area contributed by atoms with E-state index < -0.39 is 5.97 Å². The lowest BCUT2D eigenvalue weighted by molar-refractivity contribution is 0.0699. The molecule has 0 atom stereocenters. The molecule has 22 heavy (non-hydrogen) atoms. The van der Waals surface area contributed by atoms with Crippen molar-refractivity contribution >= 4 is 28.5 Å². The van der Waals surface area contributed by atoms with Crippen LogP contribution in [0.15, 0.2) is 42.5 Å². The Labute approximate surface area is 133 Å². The number of carboxylic acid groups (broad SMARTS) is 1. The molecule has 2 aromatic carbocycles. The van der Waals surface area contributed by atoms with Crippen LogP contribution in [-0.4, -0.2) is 16.1 Å². The third-order valence-electron chi connectivity index (χ3n) is 3.60. The molecule has 0 bridgehead atoms. The SMILES string of the molecule is Cc1cc(C)c2c(C(=O)O)cc(-c3cccc(Cl)c3)nc2c1. The molecule has 0 saturated heterocycles. The highest BCUT2D eigenvalue weighted by Crippen LogP contribution is 2.29. The number of hydrogen-bond acceptors (Lipinski definition) is 2. The number of carbonyl (C=O) groups is 1. The zero-order valence-electron chi connectivity index (χ0n) is 12.2. The summed E-state index contributed by atoms with van der Waals surface area (Å²) in [4.78, 5) is 16.3. The van der Waals surface area contributed by atoms with E-state index in [0.717, 1.165) is 16.7 Å². The summed E-state index contributed by atoms with van der Waals surface area (Å²) in [6.07, 6.45) is 0. The number of halogens is 1. The number of aromatic carboxylic acids is 1. The van der Waals surface area contributed by atoms with Crippen LogP contribution < -0.4 is 0 Å². The highest BCUT2D eigenvalue weighted by Gasteiger charge is 2.15. The van der Waals surface area contributed by atoms with E-state index in [-0.39, 0.29) is 5.56 Å². The van der Waals surface area contributed by atoms with E-state index >= 15 is 0 Å². The molecule has 3 rings (SSSR count). The maximum atomic E-state index is 11.6. The maximum Gasteiger partial charge on any atom is 0.336 e. The Balaban J connectivity index is 2.36. The van der Waals surface area contributed by atoms with E-state index in [1.54, 1.807) is 18.2 Å². The lowest BCUT2D eigenvalue weighted by Crippen LogP contribution is -2.02. The second kappa shape index (κ2) is 5.43. The van der Waals surface area contributed by atoms with Crippen LogP contribution >= 0.6 is 11.6 Å². The van der Waals surface area contributed by atoms with Crippen molar-refractivity contribution in [1.82, 2.24) is 4.98 Å². The van der Waals surface area contributed by atoms with Crippen LogP contribution in [0.25, 0.3) is 22.2 Å². The molecule has 0 saturated carbocycles. The summed E-state index contributed by atoms with van der Waals surface area (Å²) in [7, 11) is 0. The van der Waals surface area contributed by atoms with Crippen LogP contribution in [0.4, 0.5) is 0 Å². The fraction of sp³-hybridized carbons (Fsp3) is 0.111. The summed E-state index contributed by atoms with van der Waals surface area (Å²) in [5.41, 5.74) is 4.33. The Morgan fingerprint density at radius 1 is 1.14 bits per heavy atom. The zero-order valence-corrected chi connectivity index (χ0v) is 13.0. The minimum absolute atomic E-state index is 0.262. The molecule has 1 heterocycles. The van der Waals surface area contributed by atoms with Gasteiger partial charge in [-0.2, -0.15) is 0 Å². The molecule has 0 unspecified atom stereocenters. The third kappa shape index (κ3) is 2.55. The van der Waals surface area contributed by atoms with Crippen molar-refractivity contribution in [3.8, 4) is 11.3 Å². The van der Waals surface area contributed by atoms with Crippen LogP contribution in [-0.2, 0) is 0 Å². The lowest BCUT2D eigenvalue weighted by atomic mass is 9.99. The molecule has 0 amide bonds. The van der Waals surface area contributed by atoms with Crippen LogP contribution in [0.2, 0.25) is 5.02 Å². The number of hydrogen-bond donors (Lipinski definition) is 1. The van der Waals surface area contributed by atoms with Crippen LogP contribution in [0.3, 0.4) is 0 Å². The van der Waals surface area contributed by atoms with Gasteiger partial charge in [-0.25, -0.2) is 9.78 Å². The van der Waals surface area contributed by atoms with Gasteiger partial charge in [0, 0.05) is 16.0 Å². The van der Waals surface area contributed by atoms with Crippen molar-refractivity contribution in [2.45, 2.75) is 13.8 Å². The van der Waals surface area contributed by atoms with E-state index in [0.29, 0.717) is 21.6 Å². The number of nitrogens with zero attached hydrogens (tertiary/aromatic N) is 1.